The Morgan fingerprint density at radius 1 is 0.829 bits per heavy atom. The summed E-state index contributed by atoms with van der Waals surface area (Å²) in [4.78, 5) is 56.2. The molecule has 2 saturated heterocycles. The van der Waals surface area contributed by atoms with E-state index in [-0.39, 0.29) is 11.1 Å². The lowest BCUT2D eigenvalue weighted by atomic mass is 9.77. The molecule has 3 aromatic rings. The lowest BCUT2D eigenvalue weighted by Gasteiger charge is -2.27. The summed E-state index contributed by atoms with van der Waals surface area (Å²) < 4.78 is 11.4. The fourth-order valence-electron chi connectivity index (χ4n) is 5.49. The average molecular weight is 488 g/mol. The molecule has 3 aliphatic rings. The van der Waals surface area contributed by atoms with Gasteiger partial charge in [0.1, 0.15) is 5.75 Å². The van der Waals surface area contributed by atoms with Crippen LogP contribution in [-0.2, 0) is 14.3 Å². The third-order valence-electron chi connectivity index (χ3n) is 7.06. The third-order valence-corrected chi connectivity index (χ3v) is 7.41. The van der Waals surface area contributed by atoms with Crippen LogP contribution in [0.5, 0.6) is 5.75 Å². The summed E-state index contributed by atoms with van der Waals surface area (Å²) in [6.45, 7) is 0. The molecular formula is C27H18ClNO6. The van der Waals surface area contributed by atoms with Crippen molar-refractivity contribution >= 4 is 40.7 Å². The van der Waals surface area contributed by atoms with Crippen LogP contribution >= 0.6 is 11.6 Å². The van der Waals surface area contributed by atoms with Crippen LogP contribution < -0.4 is 9.64 Å². The number of benzene rings is 3. The van der Waals surface area contributed by atoms with Crippen molar-refractivity contribution in [1.29, 1.82) is 0 Å². The number of carbonyl (C=O) groups excluding carboxylic acids is 4. The van der Waals surface area contributed by atoms with Gasteiger partial charge >= 0.3 is 0 Å². The number of halogens is 1. The molecule has 3 unspecified atom stereocenters. The second-order valence-electron chi connectivity index (χ2n) is 8.71. The van der Waals surface area contributed by atoms with Crippen molar-refractivity contribution in [2.75, 3.05) is 12.0 Å². The molecule has 2 fully saturated rings. The molecule has 3 atom stereocenters. The molecule has 1 spiro atoms. The number of carbonyl (C=O) groups is 4. The summed E-state index contributed by atoms with van der Waals surface area (Å²) in [5.41, 5.74) is -1.01. The first-order valence-corrected chi connectivity index (χ1v) is 11.4. The zero-order valence-corrected chi connectivity index (χ0v) is 19.2. The number of fused-ring (bicyclic) bond motifs is 3. The van der Waals surface area contributed by atoms with Crippen molar-refractivity contribution in [3.63, 3.8) is 0 Å². The molecule has 0 aromatic heterocycles. The Kier molecular flexibility index (Phi) is 4.71. The van der Waals surface area contributed by atoms with Crippen molar-refractivity contribution < 1.29 is 28.7 Å². The number of amides is 2. The molecule has 7 nitrogen and oxygen atoms in total. The highest BCUT2D eigenvalue weighted by atomic mass is 35.5. The van der Waals surface area contributed by atoms with E-state index >= 15 is 0 Å². The van der Waals surface area contributed by atoms with Gasteiger partial charge in [0.15, 0.2) is 0 Å². The van der Waals surface area contributed by atoms with Crippen LogP contribution in [0.15, 0.2) is 72.8 Å². The van der Waals surface area contributed by atoms with Gasteiger partial charge in [-0.2, -0.15) is 0 Å². The monoisotopic (exact) mass is 487 g/mol. The Labute approximate surface area is 205 Å². The predicted octanol–water partition coefficient (Wildman–Crippen LogP) is 4.04. The van der Waals surface area contributed by atoms with Gasteiger partial charge in [0.2, 0.25) is 29.0 Å². The topological polar surface area (TPSA) is 90.0 Å². The fourth-order valence-corrected chi connectivity index (χ4v) is 5.73. The Morgan fingerprint density at radius 3 is 2.03 bits per heavy atom. The maximum absolute atomic E-state index is 13.9. The summed E-state index contributed by atoms with van der Waals surface area (Å²) in [6, 6.07) is 19.5. The van der Waals surface area contributed by atoms with Gasteiger partial charge in [0, 0.05) is 21.7 Å². The quantitative estimate of drug-likeness (QED) is 0.409. The molecule has 8 heteroatoms. The molecule has 2 aliphatic heterocycles. The smallest absolute Gasteiger partial charge is 0.241 e. The lowest BCUT2D eigenvalue weighted by Crippen LogP contribution is -2.51. The van der Waals surface area contributed by atoms with Crippen molar-refractivity contribution in [1.82, 2.24) is 0 Å². The molecule has 2 heterocycles. The third kappa shape index (κ3) is 2.76. The second kappa shape index (κ2) is 7.60. The molecule has 3 aromatic carbocycles. The molecule has 0 saturated carbocycles. The maximum atomic E-state index is 13.9. The number of ketones is 2. The van der Waals surface area contributed by atoms with Crippen LogP contribution in [0.2, 0.25) is 5.02 Å². The maximum Gasteiger partial charge on any atom is 0.241 e. The minimum atomic E-state index is -2.13. The van der Waals surface area contributed by atoms with E-state index < -0.39 is 46.9 Å². The molecule has 35 heavy (non-hydrogen) atoms. The van der Waals surface area contributed by atoms with E-state index in [9.17, 15) is 19.2 Å². The number of Topliss-reactive ketones (excluding diaryl/α,β-unsaturated/α-hetero) is 2. The van der Waals surface area contributed by atoms with E-state index in [2.05, 4.69) is 0 Å². The molecular weight excluding hydrogens is 470 g/mol. The van der Waals surface area contributed by atoms with Crippen LogP contribution in [0, 0.1) is 11.8 Å². The Hall–Kier alpha value is -3.81. The van der Waals surface area contributed by atoms with Gasteiger partial charge in [-0.25, -0.2) is 4.90 Å². The van der Waals surface area contributed by atoms with Crippen LogP contribution in [0.3, 0.4) is 0 Å². The molecule has 0 N–H and O–H groups in total. The predicted molar refractivity (Wildman–Crippen MR) is 126 cm³/mol. The van der Waals surface area contributed by atoms with Crippen LogP contribution in [0.1, 0.15) is 32.4 Å². The van der Waals surface area contributed by atoms with Crippen LogP contribution in [0.4, 0.5) is 5.69 Å². The van der Waals surface area contributed by atoms with Crippen molar-refractivity contribution in [2.24, 2.45) is 11.8 Å². The van der Waals surface area contributed by atoms with Gasteiger partial charge in [-0.1, -0.05) is 54.1 Å². The van der Waals surface area contributed by atoms with E-state index in [1.54, 1.807) is 60.7 Å². The summed E-state index contributed by atoms with van der Waals surface area (Å²) in [5, 5.41) is 0.312. The molecule has 2 amide bonds. The first-order valence-electron chi connectivity index (χ1n) is 11.0. The van der Waals surface area contributed by atoms with Gasteiger partial charge in [-0.05, 0) is 30.3 Å². The summed E-state index contributed by atoms with van der Waals surface area (Å²) in [7, 11) is 1.51. The molecule has 6 rings (SSSR count). The van der Waals surface area contributed by atoms with Gasteiger partial charge < -0.3 is 9.47 Å². The van der Waals surface area contributed by atoms with E-state index in [1.165, 1.54) is 19.2 Å². The van der Waals surface area contributed by atoms with Gasteiger partial charge in [0.05, 0.1) is 30.7 Å². The molecule has 0 bridgehead atoms. The highest BCUT2D eigenvalue weighted by molar-refractivity contribution is 6.37. The van der Waals surface area contributed by atoms with Gasteiger partial charge in [-0.15, -0.1) is 0 Å². The summed E-state index contributed by atoms with van der Waals surface area (Å²) >= 11 is 6.45. The number of anilines is 1. The summed E-state index contributed by atoms with van der Waals surface area (Å²) in [6.07, 6.45) is -1.06. The number of imide groups is 1. The van der Waals surface area contributed by atoms with Crippen molar-refractivity contribution in [3.05, 3.63) is 94.5 Å². The lowest BCUT2D eigenvalue weighted by molar-refractivity contribution is -0.127. The van der Waals surface area contributed by atoms with E-state index in [0.29, 0.717) is 22.0 Å². The molecule has 1 aliphatic carbocycles. The van der Waals surface area contributed by atoms with Crippen molar-refractivity contribution in [3.8, 4) is 5.75 Å². The van der Waals surface area contributed by atoms with Crippen LogP contribution in [0.25, 0.3) is 0 Å². The van der Waals surface area contributed by atoms with E-state index in [0.717, 1.165) is 4.90 Å². The number of rotatable bonds is 3. The van der Waals surface area contributed by atoms with E-state index in [4.69, 9.17) is 21.1 Å². The normalized spacial score (nSPS) is 24.3. The first kappa shape index (κ1) is 21.7. The SMILES string of the molecule is COc1ccc(N2C(=O)C3C(c4ccccc4Cl)OC4(C(=O)c5ccccc5C4=O)C3C2=O)cc1. The number of hydrogen-bond acceptors (Lipinski definition) is 6. The van der Waals surface area contributed by atoms with Crippen LogP contribution in [-0.4, -0.2) is 36.1 Å². The van der Waals surface area contributed by atoms with Crippen molar-refractivity contribution in [2.45, 2.75) is 11.7 Å². The molecule has 0 radical (unpaired) electrons. The Morgan fingerprint density at radius 2 is 1.43 bits per heavy atom. The number of hydrogen-bond donors (Lipinski definition) is 0. The number of nitrogens with zero attached hydrogens (tertiary/aromatic N) is 1. The van der Waals surface area contributed by atoms with Gasteiger partial charge in [0.25, 0.3) is 0 Å². The fraction of sp³-hybridized carbons (Fsp3) is 0.185. The van der Waals surface area contributed by atoms with E-state index in [1.807, 2.05) is 0 Å². The highest BCUT2D eigenvalue weighted by Crippen LogP contribution is 2.58. The number of ether oxygens (including phenoxy) is 2. The standard InChI is InChI=1S/C27H18ClNO6/c1-34-15-12-10-14(11-13-15)29-25(32)20-21(26(29)33)27(35-22(20)18-8-4-5-9-19(18)28)23(30)16-6-2-3-7-17(16)24(27)31/h2-13,20-22H,1H3. The largest absolute Gasteiger partial charge is 0.497 e. The minimum Gasteiger partial charge on any atom is -0.497 e. The Balaban J connectivity index is 1.54. The zero-order chi connectivity index (χ0) is 24.5. The minimum absolute atomic E-state index is 0.180. The number of methoxy groups -OCH3 is 1. The Bertz CT molecular complexity index is 1400. The van der Waals surface area contributed by atoms with Gasteiger partial charge in [-0.3, -0.25) is 19.2 Å². The first-order chi connectivity index (χ1) is 16.9. The summed E-state index contributed by atoms with van der Waals surface area (Å²) in [5.74, 6) is -4.31. The second-order valence-corrected chi connectivity index (χ2v) is 9.12. The molecule has 174 valence electrons. The highest BCUT2D eigenvalue weighted by Gasteiger charge is 2.74. The average Bonchev–Trinajstić information content (AvgIpc) is 3.44. The zero-order valence-electron chi connectivity index (χ0n) is 18.4.